The van der Waals surface area contributed by atoms with E-state index in [1.165, 1.54) is 6.92 Å². The molecule has 33 heavy (non-hydrogen) atoms. The van der Waals surface area contributed by atoms with E-state index in [0.29, 0.717) is 34.6 Å². The molecule has 1 fully saturated rings. The Morgan fingerprint density at radius 1 is 1.27 bits per heavy atom. The highest BCUT2D eigenvalue weighted by Gasteiger charge is 2.44. The molecule has 2 aromatic carbocycles. The number of hydrogen-bond donors (Lipinski definition) is 0. The topological polar surface area (TPSA) is 68.3 Å². The third kappa shape index (κ3) is 4.35. The lowest BCUT2D eigenvalue weighted by molar-refractivity contribution is -0.142. The molecule has 0 N–H and O–H groups in total. The van der Waals surface area contributed by atoms with Gasteiger partial charge in [0, 0.05) is 49.8 Å². The molecule has 0 aromatic heterocycles. The van der Waals surface area contributed by atoms with Crippen molar-refractivity contribution in [2.75, 3.05) is 30.4 Å². The molecule has 0 saturated carbocycles. The van der Waals surface area contributed by atoms with Crippen LogP contribution in [0.25, 0.3) is 0 Å². The lowest BCUT2D eigenvalue weighted by Gasteiger charge is -2.31. The van der Waals surface area contributed by atoms with Crippen LogP contribution in [0.3, 0.4) is 0 Å². The molecule has 7 nitrogen and oxygen atoms in total. The van der Waals surface area contributed by atoms with Crippen molar-refractivity contribution in [3.63, 3.8) is 0 Å². The molecule has 2 heterocycles. The van der Waals surface area contributed by atoms with Crippen LogP contribution in [0.5, 0.6) is 0 Å². The van der Waals surface area contributed by atoms with Gasteiger partial charge in [-0.25, -0.2) is 0 Å². The van der Waals surface area contributed by atoms with Crippen molar-refractivity contribution in [3.05, 3.63) is 65.4 Å². The molecule has 0 spiro atoms. The maximum Gasteiger partial charge on any atom is 0.563 e. The molecule has 1 saturated heterocycles. The van der Waals surface area contributed by atoms with Crippen LogP contribution in [0, 0.1) is 0 Å². The maximum atomic E-state index is 13.5. The number of rotatable bonds is 5. The number of amides is 1. The molecule has 0 unspecified atom stereocenters. The van der Waals surface area contributed by atoms with Gasteiger partial charge in [0.2, 0.25) is 0 Å². The minimum absolute atomic E-state index is 0.00711. The molecular weight excluding hydrogens is 419 g/mol. The summed E-state index contributed by atoms with van der Waals surface area (Å²) in [5, 5.41) is 0. The van der Waals surface area contributed by atoms with Crippen molar-refractivity contribution in [2.24, 2.45) is 0 Å². The second-order valence-electron chi connectivity index (χ2n) is 9.07. The Hall–Kier alpha value is -3.26. The molecule has 172 valence electrons. The molecule has 0 atom stereocenters. The van der Waals surface area contributed by atoms with Gasteiger partial charge in [0.05, 0.1) is 11.4 Å². The Bertz CT molecular complexity index is 1130. The largest absolute Gasteiger partial charge is 0.563 e. The molecule has 1 amide bonds. The lowest BCUT2D eigenvalue weighted by atomic mass is 9.75. The van der Waals surface area contributed by atoms with Gasteiger partial charge >= 0.3 is 13.1 Å². The zero-order valence-electron chi connectivity index (χ0n) is 19.8. The number of hydrogen-bond acceptors (Lipinski definition) is 6. The lowest BCUT2D eigenvalue weighted by Crippen LogP contribution is -2.42. The van der Waals surface area contributed by atoms with E-state index in [0.717, 1.165) is 17.7 Å². The number of ether oxygens (including phenoxy) is 1. The van der Waals surface area contributed by atoms with E-state index in [2.05, 4.69) is 12.6 Å². The Labute approximate surface area is 195 Å². The third-order valence-corrected chi connectivity index (χ3v) is 6.16. The highest BCUT2D eigenvalue weighted by molar-refractivity contribution is 6.63. The average Bonchev–Trinajstić information content (AvgIpc) is 3.04. The first-order valence-corrected chi connectivity index (χ1v) is 11.0. The summed E-state index contributed by atoms with van der Waals surface area (Å²) in [4.78, 5) is 28.9. The van der Waals surface area contributed by atoms with E-state index in [-0.39, 0.29) is 12.5 Å². The predicted molar refractivity (Wildman–Crippen MR) is 129 cm³/mol. The van der Waals surface area contributed by atoms with Crippen molar-refractivity contribution in [1.82, 2.24) is 0 Å². The monoisotopic (exact) mass is 448 g/mol. The first-order valence-electron chi connectivity index (χ1n) is 11.0. The van der Waals surface area contributed by atoms with Gasteiger partial charge in [-0.3, -0.25) is 9.59 Å². The first kappa shape index (κ1) is 22.9. The quantitative estimate of drug-likeness (QED) is 0.518. The van der Waals surface area contributed by atoms with E-state index >= 15 is 0 Å². The highest BCUT2D eigenvalue weighted by Crippen LogP contribution is 2.33. The third-order valence-electron chi connectivity index (χ3n) is 6.16. The molecule has 2 aliphatic heterocycles. The number of carbonyl (C=O) groups excluding carboxylic acids is 2. The number of benzene rings is 2. The number of nitrogens with zero attached hydrogens (tertiary/aromatic N) is 2. The second kappa shape index (κ2) is 8.59. The van der Waals surface area contributed by atoms with Gasteiger partial charge in [0.25, 0.3) is 5.91 Å². The van der Waals surface area contributed by atoms with Crippen LogP contribution in [0.2, 0.25) is 0 Å². The van der Waals surface area contributed by atoms with Gasteiger partial charge in [0.1, 0.15) is 12.2 Å². The number of esters is 1. The first-order chi connectivity index (χ1) is 15.6. The van der Waals surface area contributed by atoms with Crippen LogP contribution in [-0.4, -0.2) is 45.2 Å². The molecule has 0 aliphatic carbocycles. The van der Waals surface area contributed by atoms with E-state index in [1.807, 2.05) is 63.2 Å². The van der Waals surface area contributed by atoms with Crippen LogP contribution in [-0.2, 0) is 31.9 Å². The van der Waals surface area contributed by atoms with Gasteiger partial charge in [-0.1, -0.05) is 18.7 Å². The van der Waals surface area contributed by atoms with Gasteiger partial charge in [0.15, 0.2) is 0 Å². The smallest absolute Gasteiger partial charge is 0.534 e. The fraction of sp³-hybridized carbons (Fsp3) is 0.360. The van der Waals surface area contributed by atoms with Gasteiger partial charge < -0.3 is 23.8 Å². The zero-order valence-corrected chi connectivity index (χ0v) is 19.8. The van der Waals surface area contributed by atoms with E-state index in [1.54, 1.807) is 4.90 Å². The average molecular weight is 448 g/mol. The Kier molecular flexibility index (Phi) is 5.97. The van der Waals surface area contributed by atoms with Crippen molar-refractivity contribution < 1.29 is 23.6 Å². The molecule has 2 aliphatic rings. The summed E-state index contributed by atoms with van der Waals surface area (Å²) < 4.78 is 17.4. The Morgan fingerprint density at radius 2 is 2.03 bits per heavy atom. The molecule has 0 bridgehead atoms. The summed E-state index contributed by atoms with van der Waals surface area (Å²) in [5.41, 5.74) is 4.20. The molecule has 8 heteroatoms. The SMILES string of the molecule is C=C1OB(c2cccc(N3CCc4cc(N(C)C)ccc4C3=O)c2COC(C)=O)OC1(C)C. The maximum absolute atomic E-state index is 13.5. The normalized spacial score (nSPS) is 17.0. The molecule has 0 radical (unpaired) electrons. The van der Waals surface area contributed by atoms with E-state index in [9.17, 15) is 9.59 Å². The van der Waals surface area contributed by atoms with Crippen LogP contribution < -0.4 is 15.3 Å². The Morgan fingerprint density at radius 3 is 2.67 bits per heavy atom. The predicted octanol–water partition coefficient (Wildman–Crippen LogP) is 3.05. The van der Waals surface area contributed by atoms with E-state index < -0.39 is 18.7 Å². The second-order valence-corrected chi connectivity index (χ2v) is 9.07. The van der Waals surface area contributed by atoms with Crippen LogP contribution in [0.1, 0.15) is 42.3 Å². The fourth-order valence-electron chi connectivity index (χ4n) is 4.14. The molecule has 2 aromatic rings. The van der Waals surface area contributed by atoms with Crippen LogP contribution in [0.15, 0.2) is 48.7 Å². The summed E-state index contributed by atoms with van der Waals surface area (Å²) >= 11 is 0. The van der Waals surface area contributed by atoms with Gasteiger partial charge in [-0.2, -0.15) is 0 Å². The van der Waals surface area contributed by atoms with Crippen molar-refractivity contribution in [2.45, 2.75) is 39.4 Å². The Balaban J connectivity index is 1.73. The summed E-state index contributed by atoms with van der Waals surface area (Å²) in [7, 11) is 3.26. The van der Waals surface area contributed by atoms with E-state index in [4.69, 9.17) is 14.0 Å². The fourth-order valence-corrected chi connectivity index (χ4v) is 4.14. The highest BCUT2D eigenvalue weighted by atomic mass is 16.7. The van der Waals surface area contributed by atoms with Gasteiger partial charge in [-0.05, 0) is 50.1 Å². The van der Waals surface area contributed by atoms with Crippen LogP contribution in [0.4, 0.5) is 11.4 Å². The molecular formula is C25H29BN2O5. The summed E-state index contributed by atoms with van der Waals surface area (Å²) in [5.74, 6) is 0.0390. The molecule has 4 rings (SSSR count). The number of fused-ring (bicyclic) bond motifs is 1. The van der Waals surface area contributed by atoms with Crippen molar-refractivity contribution in [1.29, 1.82) is 0 Å². The number of anilines is 2. The minimum atomic E-state index is -0.701. The van der Waals surface area contributed by atoms with Gasteiger partial charge in [-0.15, -0.1) is 0 Å². The number of carbonyl (C=O) groups is 2. The van der Waals surface area contributed by atoms with Crippen molar-refractivity contribution in [3.8, 4) is 0 Å². The van der Waals surface area contributed by atoms with Crippen LogP contribution >= 0.6 is 0 Å². The van der Waals surface area contributed by atoms with Crippen molar-refractivity contribution >= 4 is 35.8 Å². The standard InChI is InChI=1S/C25H29BN2O5/c1-16-25(3,4)33-26(32-16)22-8-7-9-23(21(22)15-31-17(2)29)28-13-12-18-14-19(27(5)6)10-11-20(18)24(28)30/h7-11,14H,1,12-13,15H2,2-6H3. The zero-order chi connectivity index (χ0) is 23.9. The minimum Gasteiger partial charge on any atom is -0.534 e. The summed E-state index contributed by atoms with van der Waals surface area (Å²) in [6, 6.07) is 11.5. The summed E-state index contributed by atoms with van der Waals surface area (Å²) in [6.45, 7) is 9.61. The summed E-state index contributed by atoms with van der Waals surface area (Å²) in [6.07, 6.45) is 0.722.